The molecule has 1 aromatic rings. The van der Waals surface area contributed by atoms with Crippen LogP contribution in [0.4, 0.5) is 5.69 Å². The zero-order chi connectivity index (χ0) is 14.8. The van der Waals surface area contributed by atoms with Crippen molar-refractivity contribution in [3.63, 3.8) is 0 Å². The number of aliphatic hydroxyl groups is 1. The average molecular weight is 300 g/mol. The normalized spacial score (nSPS) is 22.9. The number of sulfonamides is 1. The number of nitro groups is 1. The molecule has 2 unspecified atom stereocenters. The Kier molecular flexibility index (Phi) is 4.36. The van der Waals surface area contributed by atoms with Crippen LogP contribution >= 0.6 is 0 Å². The van der Waals surface area contributed by atoms with Crippen LogP contribution in [0.1, 0.15) is 19.3 Å². The van der Waals surface area contributed by atoms with E-state index < -0.39 is 20.6 Å². The molecule has 0 bridgehead atoms. The van der Waals surface area contributed by atoms with Crippen molar-refractivity contribution in [2.24, 2.45) is 5.92 Å². The van der Waals surface area contributed by atoms with Crippen LogP contribution in [0.15, 0.2) is 29.2 Å². The molecule has 8 heteroatoms. The van der Waals surface area contributed by atoms with Crippen molar-refractivity contribution in [1.82, 2.24) is 4.72 Å². The molecule has 110 valence electrons. The maximum atomic E-state index is 12.3. The molecule has 1 aromatic carbocycles. The number of rotatable bonds is 5. The summed E-state index contributed by atoms with van der Waals surface area (Å²) in [4.78, 5) is 9.84. The molecular formula is C12H16N2O5S. The topological polar surface area (TPSA) is 110 Å². The van der Waals surface area contributed by atoms with Gasteiger partial charge in [0.15, 0.2) is 4.90 Å². The van der Waals surface area contributed by atoms with Gasteiger partial charge in [-0.25, -0.2) is 13.1 Å². The van der Waals surface area contributed by atoms with Crippen LogP contribution in [-0.2, 0) is 10.0 Å². The lowest BCUT2D eigenvalue weighted by molar-refractivity contribution is -0.387. The minimum absolute atomic E-state index is 0.0932. The van der Waals surface area contributed by atoms with Crippen LogP contribution in [0.3, 0.4) is 0 Å². The van der Waals surface area contributed by atoms with Crippen LogP contribution in [0, 0.1) is 16.0 Å². The summed E-state index contributed by atoms with van der Waals surface area (Å²) in [5.41, 5.74) is -0.446. The zero-order valence-electron chi connectivity index (χ0n) is 10.7. The maximum Gasteiger partial charge on any atom is 0.289 e. The summed E-state index contributed by atoms with van der Waals surface area (Å²) in [6.45, 7) is -0.0932. The van der Waals surface area contributed by atoms with E-state index in [1.54, 1.807) is 0 Å². The maximum absolute atomic E-state index is 12.3. The lowest BCUT2D eigenvalue weighted by Crippen LogP contribution is -2.38. The van der Waals surface area contributed by atoms with Crippen LogP contribution < -0.4 is 4.72 Å². The molecule has 20 heavy (non-hydrogen) atoms. The van der Waals surface area contributed by atoms with Crippen molar-refractivity contribution in [1.29, 1.82) is 0 Å². The van der Waals surface area contributed by atoms with E-state index >= 15 is 0 Å². The molecule has 0 radical (unpaired) electrons. The molecule has 7 nitrogen and oxygen atoms in total. The summed E-state index contributed by atoms with van der Waals surface area (Å²) in [5, 5.41) is 20.1. The minimum Gasteiger partial charge on any atom is -0.396 e. The summed E-state index contributed by atoms with van der Waals surface area (Å²) in [6.07, 6.45) is 2.21. The summed E-state index contributed by atoms with van der Waals surface area (Å²) in [5.74, 6) is -0.132. The molecule has 0 heterocycles. The van der Waals surface area contributed by atoms with Crippen LogP contribution in [0.25, 0.3) is 0 Å². The first-order valence-electron chi connectivity index (χ1n) is 6.32. The van der Waals surface area contributed by atoms with Crippen LogP contribution in [-0.4, -0.2) is 31.1 Å². The second-order valence-electron chi connectivity index (χ2n) is 4.83. The Bertz CT molecular complexity index is 602. The first-order chi connectivity index (χ1) is 9.45. The molecular weight excluding hydrogens is 284 g/mol. The first kappa shape index (κ1) is 14.9. The van der Waals surface area contributed by atoms with Gasteiger partial charge in [-0.1, -0.05) is 18.6 Å². The quantitative estimate of drug-likeness (QED) is 0.623. The molecule has 0 aromatic heterocycles. The SMILES string of the molecule is O=[N+]([O-])c1ccccc1S(=O)(=O)NC1CCCC1CO. The molecule has 0 amide bonds. The van der Waals surface area contributed by atoms with Crippen LogP contribution in [0.2, 0.25) is 0 Å². The Hall–Kier alpha value is -1.51. The highest BCUT2D eigenvalue weighted by molar-refractivity contribution is 7.89. The predicted octanol–water partition coefficient (Wildman–Crippen LogP) is 1.03. The molecule has 1 aliphatic rings. The molecule has 2 N–H and O–H groups in total. The van der Waals surface area contributed by atoms with Gasteiger partial charge in [0, 0.05) is 18.7 Å². The van der Waals surface area contributed by atoms with E-state index in [9.17, 15) is 23.6 Å². The number of benzene rings is 1. The van der Waals surface area contributed by atoms with E-state index in [1.807, 2.05) is 0 Å². The van der Waals surface area contributed by atoms with E-state index in [1.165, 1.54) is 18.2 Å². The van der Waals surface area contributed by atoms with Gasteiger partial charge in [0.05, 0.1) is 4.92 Å². The smallest absolute Gasteiger partial charge is 0.289 e. The van der Waals surface area contributed by atoms with E-state index in [0.717, 1.165) is 18.9 Å². The molecule has 2 atom stereocenters. The fourth-order valence-corrected chi connectivity index (χ4v) is 4.02. The van der Waals surface area contributed by atoms with Crippen molar-refractivity contribution in [2.45, 2.75) is 30.2 Å². The van der Waals surface area contributed by atoms with Gasteiger partial charge < -0.3 is 5.11 Å². The van der Waals surface area contributed by atoms with Crippen molar-refractivity contribution in [3.05, 3.63) is 34.4 Å². The van der Waals surface area contributed by atoms with Gasteiger partial charge in [-0.3, -0.25) is 10.1 Å². The Morgan fingerprint density at radius 1 is 1.35 bits per heavy atom. The third-order valence-electron chi connectivity index (χ3n) is 3.55. The van der Waals surface area contributed by atoms with Gasteiger partial charge in [-0.2, -0.15) is 0 Å². The van der Waals surface area contributed by atoms with Crippen molar-refractivity contribution >= 4 is 15.7 Å². The van der Waals surface area contributed by atoms with E-state index in [4.69, 9.17) is 0 Å². The van der Waals surface area contributed by atoms with Gasteiger partial charge in [0.2, 0.25) is 10.0 Å². The van der Waals surface area contributed by atoms with Gasteiger partial charge in [0.1, 0.15) is 0 Å². The highest BCUT2D eigenvalue weighted by Gasteiger charge is 2.33. The predicted molar refractivity (Wildman–Crippen MR) is 71.6 cm³/mol. The second-order valence-corrected chi connectivity index (χ2v) is 6.51. The number of nitro benzene ring substituents is 1. The molecule has 0 aliphatic heterocycles. The lowest BCUT2D eigenvalue weighted by Gasteiger charge is -2.18. The lowest BCUT2D eigenvalue weighted by atomic mass is 10.1. The monoisotopic (exact) mass is 300 g/mol. The van der Waals surface area contributed by atoms with Crippen molar-refractivity contribution in [2.75, 3.05) is 6.61 Å². The Labute approximate surface area is 116 Å². The fraction of sp³-hybridized carbons (Fsp3) is 0.500. The van der Waals surface area contributed by atoms with Crippen LogP contribution in [0.5, 0.6) is 0 Å². The highest BCUT2D eigenvalue weighted by atomic mass is 32.2. The molecule has 0 spiro atoms. The van der Waals surface area contributed by atoms with Gasteiger partial charge in [-0.15, -0.1) is 0 Å². The molecule has 0 saturated heterocycles. The van der Waals surface area contributed by atoms with Gasteiger partial charge >= 0.3 is 0 Å². The highest BCUT2D eigenvalue weighted by Crippen LogP contribution is 2.28. The number of para-hydroxylation sites is 1. The van der Waals surface area contributed by atoms with E-state index in [2.05, 4.69) is 4.72 Å². The summed E-state index contributed by atoms with van der Waals surface area (Å²) < 4.78 is 27.0. The van der Waals surface area contributed by atoms with E-state index in [-0.39, 0.29) is 23.5 Å². The summed E-state index contributed by atoms with van der Waals surface area (Å²) in [6, 6.07) is 4.86. The number of aliphatic hydroxyl groups excluding tert-OH is 1. The average Bonchev–Trinajstić information content (AvgIpc) is 2.85. The molecule has 1 aliphatic carbocycles. The standard InChI is InChI=1S/C12H16N2O5S/c15-8-9-4-3-5-10(9)13-20(18,19)12-7-2-1-6-11(12)14(16)17/h1-2,6-7,9-10,13,15H,3-5,8H2. The Morgan fingerprint density at radius 3 is 2.70 bits per heavy atom. The van der Waals surface area contributed by atoms with Gasteiger partial charge in [0.25, 0.3) is 5.69 Å². The van der Waals surface area contributed by atoms with E-state index in [0.29, 0.717) is 6.42 Å². The summed E-state index contributed by atoms with van der Waals surface area (Å²) in [7, 11) is -3.97. The third kappa shape index (κ3) is 2.97. The zero-order valence-corrected chi connectivity index (χ0v) is 11.5. The number of hydrogen-bond donors (Lipinski definition) is 2. The van der Waals surface area contributed by atoms with Gasteiger partial charge in [-0.05, 0) is 24.8 Å². The number of hydrogen-bond acceptors (Lipinski definition) is 5. The summed E-state index contributed by atoms with van der Waals surface area (Å²) >= 11 is 0. The fourth-order valence-electron chi connectivity index (χ4n) is 2.51. The Morgan fingerprint density at radius 2 is 2.05 bits per heavy atom. The minimum atomic E-state index is -3.97. The second kappa shape index (κ2) is 5.86. The molecule has 2 rings (SSSR count). The molecule has 1 saturated carbocycles. The third-order valence-corrected chi connectivity index (χ3v) is 5.09. The number of nitrogens with zero attached hydrogens (tertiary/aromatic N) is 1. The first-order valence-corrected chi connectivity index (χ1v) is 7.80. The van der Waals surface area contributed by atoms with Crippen molar-refractivity contribution in [3.8, 4) is 0 Å². The molecule has 1 fully saturated rings. The number of nitrogens with one attached hydrogen (secondary N) is 1. The Balaban J connectivity index is 2.29. The van der Waals surface area contributed by atoms with Crippen molar-refractivity contribution < 1.29 is 18.4 Å². The largest absolute Gasteiger partial charge is 0.396 e.